The molecule has 4 heteroatoms. The molecule has 0 saturated heterocycles. The molecule has 0 saturated carbocycles. The van der Waals surface area contributed by atoms with Gasteiger partial charge < -0.3 is 20.5 Å². The Morgan fingerprint density at radius 3 is 2.72 bits per heavy atom. The fraction of sp³-hybridized carbons (Fsp3) is 0.571. The third-order valence-electron chi connectivity index (χ3n) is 3.22. The van der Waals surface area contributed by atoms with Crippen LogP contribution in [0.5, 0.6) is 11.5 Å². The number of ether oxygens (including phenoxy) is 2. The molecule has 0 spiro atoms. The molecule has 4 nitrogen and oxygen atoms in total. The number of nitrogens with two attached hydrogens (primary N) is 1. The van der Waals surface area contributed by atoms with Gasteiger partial charge in [0.2, 0.25) is 6.79 Å². The number of nitrogens with one attached hydrogen (secondary N) is 1. The lowest BCUT2D eigenvalue weighted by Crippen LogP contribution is -2.33. The molecule has 0 aliphatic carbocycles. The first-order valence-electron chi connectivity index (χ1n) is 6.35. The molecule has 0 aromatic heterocycles. The lowest BCUT2D eigenvalue weighted by atomic mass is 9.93. The zero-order chi connectivity index (χ0) is 13.2. The number of hydrogen-bond donors (Lipinski definition) is 2. The van der Waals surface area contributed by atoms with Crippen molar-refractivity contribution in [3.05, 3.63) is 23.8 Å². The van der Waals surface area contributed by atoms with Gasteiger partial charge in [0.1, 0.15) is 0 Å². The third kappa shape index (κ3) is 3.15. The first kappa shape index (κ1) is 13.2. The van der Waals surface area contributed by atoms with Crippen molar-refractivity contribution in [1.82, 2.24) is 5.32 Å². The van der Waals surface area contributed by atoms with Crippen LogP contribution in [0.15, 0.2) is 18.2 Å². The van der Waals surface area contributed by atoms with Gasteiger partial charge in [0, 0.05) is 11.6 Å². The van der Waals surface area contributed by atoms with E-state index in [1.54, 1.807) is 0 Å². The maximum Gasteiger partial charge on any atom is 0.231 e. The van der Waals surface area contributed by atoms with E-state index in [1.807, 2.05) is 19.2 Å². The van der Waals surface area contributed by atoms with Crippen molar-refractivity contribution in [3.8, 4) is 11.5 Å². The summed E-state index contributed by atoms with van der Waals surface area (Å²) in [4.78, 5) is 0. The molecule has 0 amide bonds. The van der Waals surface area contributed by atoms with Crippen LogP contribution in [-0.4, -0.2) is 19.4 Å². The van der Waals surface area contributed by atoms with E-state index in [2.05, 4.69) is 25.2 Å². The van der Waals surface area contributed by atoms with Gasteiger partial charge in [-0.25, -0.2) is 0 Å². The first-order chi connectivity index (χ1) is 8.49. The Hall–Kier alpha value is -1.26. The molecular weight excluding hydrogens is 228 g/mol. The van der Waals surface area contributed by atoms with Gasteiger partial charge >= 0.3 is 0 Å². The predicted molar refractivity (Wildman–Crippen MR) is 71.9 cm³/mol. The molecule has 2 rings (SSSR count). The van der Waals surface area contributed by atoms with E-state index in [0.717, 1.165) is 24.3 Å². The normalized spacial score (nSPS) is 15.8. The van der Waals surface area contributed by atoms with Crippen molar-refractivity contribution in [2.24, 2.45) is 5.73 Å². The first-order valence-corrected chi connectivity index (χ1v) is 6.35. The molecule has 1 aliphatic rings. The lowest BCUT2D eigenvalue weighted by molar-refractivity contribution is 0.174. The van der Waals surface area contributed by atoms with Gasteiger partial charge in [-0.3, -0.25) is 0 Å². The lowest BCUT2D eigenvalue weighted by Gasteiger charge is -2.23. The Kier molecular flexibility index (Phi) is 3.78. The molecule has 1 heterocycles. The van der Waals surface area contributed by atoms with Crippen LogP contribution in [0, 0.1) is 0 Å². The summed E-state index contributed by atoms with van der Waals surface area (Å²) in [7, 11) is 1.97. The molecule has 0 bridgehead atoms. The van der Waals surface area contributed by atoms with Crippen LogP contribution < -0.4 is 20.5 Å². The van der Waals surface area contributed by atoms with Gasteiger partial charge in [-0.05, 0) is 51.4 Å². The number of fused-ring (bicyclic) bond motifs is 1. The van der Waals surface area contributed by atoms with Gasteiger partial charge in [0.05, 0.1) is 0 Å². The second-order valence-electron chi connectivity index (χ2n) is 5.48. The average Bonchev–Trinajstić information content (AvgIpc) is 2.75. The van der Waals surface area contributed by atoms with Crippen LogP contribution in [0.4, 0.5) is 0 Å². The molecule has 1 unspecified atom stereocenters. The zero-order valence-electron chi connectivity index (χ0n) is 11.3. The second-order valence-corrected chi connectivity index (χ2v) is 5.48. The average molecular weight is 250 g/mol. The van der Waals surface area contributed by atoms with Crippen LogP contribution in [0.3, 0.4) is 0 Å². The van der Waals surface area contributed by atoms with Crippen molar-refractivity contribution in [3.63, 3.8) is 0 Å². The molecule has 1 aliphatic heterocycles. The Morgan fingerprint density at radius 2 is 2.06 bits per heavy atom. The maximum absolute atomic E-state index is 6.03. The SMILES string of the molecule is CNC(CCC(C)(C)N)c1ccc2c(c1)OCO2. The van der Waals surface area contributed by atoms with Crippen LogP contribution >= 0.6 is 0 Å². The molecule has 100 valence electrons. The summed E-state index contributed by atoms with van der Waals surface area (Å²) in [6.45, 7) is 4.43. The Balaban J connectivity index is 2.08. The maximum atomic E-state index is 6.03. The number of rotatable bonds is 5. The van der Waals surface area contributed by atoms with E-state index in [1.165, 1.54) is 5.56 Å². The van der Waals surface area contributed by atoms with Crippen molar-refractivity contribution in [1.29, 1.82) is 0 Å². The number of hydrogen-bond acceptors (Lipinski definition) is 4. The van der Waals surface area contributed by atoms with E-state index in [4.69, 9.17) is 15.2 Å². The standard InChI is InChI=1S/C14H22N2O2/c1-14(2,15)7-6-11(16-3)10-4-5-12-13(8-10)18-9-17-12/h4-5,8,11,16H,6-7,9,15H2,1-3H3. The van der Waals surface area contributed by atoms with E-state index < -0.39 is 0 Å². The summed E-state index contributed by atoms with van der Waals surface area (Å²) in [5, 5.41) is 3.33. The van der Waals surface area contributed by atoms with E-state index in [-0.39, 0.29) is 5.54 Å². The minimum atomic E-state index is -0.133. The van der Waals surface area contributed by atoms with Gasteiger partial charge in [-0.1, -0.05) is 6.07 Å². The minimum absolute atomic E-state index is 0.133. The van der Waals surface area contributed by atoms with E-state index in [0.29, 0.717) is 12.8 Å². The molecule has 0 fully saturated rings. The van der Waals surface area contributed by atoms with Crippen LogP contribution in [-0.2, 0) is 0 Å². The zero-order valence-corrected chi connectivity index (χ0v) is 11.3. The highest BCUT2D eigenvalue weighted by Gasteiger charge is 2.19. The van der Waals surface area contributed by atoms with Gasteiger partial charge in [0.25, 0.3) is 0 Å². The third-order valence-corrected chi connectivity index (χ3v) is 3.22. The molecular formula is C14H22N2O2. The Labute approximate surface area is 108 Å². The summed E-state index contributed by atoms with van der Waals surface area (Å²) in [6, 6.07) is 6.39. The van der Waals surface area contributed by atoms with Gasteiger partial charge in [0.15, 0.2) is 11.5 Å². The van der Waals surface area contributed by atoms with Crippen LogP contribution in [0.1, 0.15) is 38.3 Å². The van der Waals surface area contributed by atoms with E-state index in [9.17, 15) is 0 Å². The van der Waals surface area contributed by atoms with Crippen LogP contribution in [0.25, 0.3) is 0 Å². The molecule has 18 heavy (non-hydrogen) atoms. The summed E-state index contributed by atoms with van der Waals surface area (Å²) in [6.07, 6.45) is 1.96. The summed E-state index contributed by atoms with van der Waals surface area (Å²) >= 11 is 0. The summed E-state index contributed by atoms with van der Waals surface area (Å²) in [5.74, 6) is 1.66. The highest BCUT2D eigenvalue weighted by atomic mass is 16.7. The topological polar surface area (TPSA) is 56.5 Å². The highest BCUT2D eigenvalue weighted by Crippen LogP contribution is 2.35. The highest BCUT2D eigenvalue weighted by molar-refractivity contribution is 5.45. The molecule has 3 N–H and O–H groups in total. The largest absolute Gasteiger partial charge is 0.454 e. The molecule has 1 aromatic rings. The van der Waals surface area contributed by atoms with Crippen molar-refractivity contribution in [2.75, 3.05) is 13.8 Å². The predicted octanol–water partition coefficient (Wildman–Crippen LogP) is 2.19. The smallest absolute Gasteiger partial charge is 0.231 e. The van der Waals surface area contributed by atoms with Crippen molar-refractivity contribution >= 4 is 0 Å². The summed E-state index contributed by atoms with van der Waals surface area (Å²) < 4.78 is 10.7. The van der Waals surface area contributed by atoms with E-state index >= 15 is 0 Å². The Bertz CT molecular complexity index is 413. The monoisotopic (exact) mass is 250 g/mol. The molecule has 1 atom stereocenters. The number of benzene rings is 1. The van der Waals surface area contributed by atoms with Crippen molar-refractivity contribution in [2.45, 2.75) is 38.3 Å². The van der Waals surface area contributed by atoms with Crippen molar-refractivity contribution < 1.29 is 9.47 Å². The molecule has 1 aromatic carbocycles. The molecule has 0 radical (unpaired) electrons. The fourth-order valence-corrected chi connectivity index (χ4v) is 2.12. The van der Waals surface area contributed by atoms with Gasteiger partial charge in [-0.15, -0.1) is 0 Å². The fourth-order valence-electron chi connectivity index (χ4n) is 2.12. The van der Waals surface area contributed by atoms with Crippen LogP contribution in [0.2, 0.25) is 0 Å². The minimum Gasteiger partial charge on any atom is -0.454 e. The second kappa shape index (κ2) is 5.16. The quantitative estimate of drug-likeness (QED) is 0.841. The van der Waals surface area contributed by atoms with Gasteiger partial charge in [-0.2, -0.15) is 0 Å². The summed E-state index contributed by atoms with van der Waals surface area (Å²) in [5.41, 5.74) is 7.11. The Morgan fingerprint density at radius 1 is 1.33 bits per heavy atom.